The van der Waals surface area contributed by atoms with Gasteiger partial charge in [-0.2, -0.15) is 0 Å². The van der Waals surface area contributed by atoms with E-state index in [1.54, 1.807) is 20.8 Å². The number of nitrogens with two attached hydrogens (primary N) is 2. The molecule has 0 saturated heterocycles. The van der Waals surface area contributed by atoms with Crippen LogP contribution in [0.25, 0.3) is 0 Å². The molecule has 0 aromatic heterocycles. The topological polar surface area (TPSA) is 319 Å². The number of rotatable bonds is 36. The van der Waals surface area contributed by atoms with E-state index in [9.17, 15) is 46.8 Å². The zero-order chi connectivity index (χ0) is 54.9. The number of amides is 8. The van der Waals surface area contributed by atoms with Crippen molar-refractivity contribution in [2.75, 3.05) is 5.75 Å². The van der Waals surface area contributed by atoms with Crippen LogP contribution in [-0.2, 0) is 48.4 Å². The van der Waals surface area contributed by atoms with Crippen LogP contribution in [-0.4, -0.2) is 116 Å². The highest BCUT2D eigenvalue weighted by molar-refractivity contribution is 7.89. The molecule has 0 unspecified atom stereocenters. The van der Waals surface area contributed by atoms with E-state index in [0.717, 1.165) is 0 Å². The Hall–Kier alpha value is -4.37. The lowest BCUT2D eigenvalue weighted by molar-refractivity contribution is -0.127. The molecule has 21 heteroatoms. The molecule has 412 valence electrons. The summed E-state index contributed by atoms with van der Waals surface area (Å²) in [6, 6.07) is -4.91. The largest absolute Gasteiger partial charge is 0.370 e. The molecule has 0 aliphatic heterocycles. The lowest BCUT2D eigenvalue weighted by Gasteiger charge is -2.26. The van der Waals surface area contributed by atoms with Crippen LogP contribution in [0.4, 0.5) is 0 Å². The number of hydrogen-bond acceptors (Lipinski definition) is 11. The molecule has 0 aliphatic rings. The molecular weight excluding hydrogens is 933 g/mol. The van der Waals surface area contributed by atoms with Gasteiger partial charge in [0.1, 0.15) is 0 Å². The lowest BCUT2D eigenvalue weighted by Crippen LogP contribution is -2.48. The summed E-state index contributed by atoms with van der Waals surface area (Å²) in [6.45, 7) is 27.9. The molecule has 0 spiro atoms. The standard InChI is InChI=1S/C50H96N10O10S/c1-28(2)16-37(22-43(52)61)55-44(62)19-34(13)53-49(67)25-41(32(9)10)58-47(65)23-38(17-29(3)4)56-45(63)20-35(14)54-50(68)26-42(33(11)12)59-48(66)24-39(18-30(5)6)57-46(64)21-36(15)60-71(69,70)27-40(51)31(7)8/h28-42,60H,16-27,51H2,1-15H3,(H2,52,61)(H,53,67)(H,54,68)(H,55,62)(H,56,63)(H,57,64)(H,58,65)(H,59,66)/t34-,35-,36-,37-,38-,39-,40+,41+,42+/m0/s1. The van der Waals surface area contributed by atoms with E-state index in [0.29, 0.717) is 19.3 Å². The fraction of sp³-hybridized carbons (Fsp3) is 0.840. The first-order chi connectivity index (χ1) is 32.7. The minimum atomic E-state index is -3.72. The Morgan fingerprint density at radius 3 is 0.972 bits per heavy atom. The molecule has 12 N–H and O–H groups in total. The van der Waals surface area contributed by atoms with E-state index in [1.807, 2.05) is 83.1 Å². The summed E-state index contributed by atoms with van der Waals surface area (Å²) in [4.78, 5) is 104. The number of primary amides is 1. The SMILES string of the molecule is CC(C)C[C@@H](CC(N)=O)NC(=O)C[C@H](C)NC(=O)C[C@@H](NC(=O)C[C@H](CC(C)C)NC(=O)C[C@H](C)NC(=O)C[C@@H](NC(=O)C[C@H](CC(C)C)NC(=O)C[C@H](C)NS(=O)(=O)C[C@@H](N)C(C)C)C(C)C)C(C)C. The Labute approximate surface area is 426 Å². The second-order valence-corrected chi connectivity index (χ2v) is 24.1. The highest BCUT2D eigenvalue weighted by Gasteiger charge is 2.28. The Morgan fingerprint density at radius 2 is 0.676 bits per heavy atom. The molecular formula is C50H96N10O10S. The van der Waals surface area contributed by atoms with Crippen LogP contribution in [0.5, 0.6) is 0 Å². The monoisotopic (exact) mass is 1030 g/mol. The van der Waals surface area contributed by atoms with Crippen molar-refractivity contribution in [3.63, 3.8) is 0 Å². The van der Waals surface area contributed by atoms with Gasteiger partial charge < -0.3 is 48.7 Å². The van der Waals surface area contributed by atoms with E-state index < -0.39 is 76.2 Å². The summed E-state index contributed by atoms with van der Waals surface area (Å²) in [7, 11) is -3.72. The number of carbonyl (C=O) groups excluding carboxylic acids is 8. The van der Waals surface area contributed by atoms with Gasteiger partial charge in [0.25, 0.3) is 0 Å². The van der Waals surface area contributed by atoms with Gasteiger partial charge in [0.05, 0.1) is 5.75 Å². The number of nitrogens with one attached hydrogen (secondary N) is 8. The molecule has 0 bridgehead atoms. The minimum absolute atomic E-state index is 0.00812. The van der Waals surface area contributed by atoms with E-state index >= 15 is 0 Å². The summed E-state index contributed by atoms with van der Waals surface area (Å²) < 4.78 is 27.7. The maximum Gasteiger partial charge on any atom is 0.222 e. The average Bonchev–Trinajstić information content (AvgIpc) is 3.14. The molecule has 0 heterocycles. The van der Waals surface area contributed by atoms with Crippen LogP contribution in [0.1, 0.15) is 174 Å². The van der Waals surface area contributed by atoms with Crippen molar-refractivity contribution < 1.29 is 46.8 Å². The van der Waals surface area contributed by atoms with Crippen LogP contribution in [0.3, 0.4) is 0 Å². The summed E-state index contributed by atoms with van der Waals surface area (Å²) in [5.74, 6) is -3.12. The van der Waals surface area contributed by atoms with Crippen molar-refractivity contribution in [2.45, 2.75) is 229 Å². The van der Waals surface area contributed by atoms with Crippen LogP contribution in [0.2, 0.25) is 0 Å². The van der Waals surface area contributed by atoms with Gasteiger partial charge in [-0.15, -0.1) is 0 Å². The molecule has 0 fully saturated rings. The predicted molar refractivity (Wildman–Crippen MR) is 278 cm³/mol. The van der Waals surface area contributed by atoms with Gasteiger partial charge in [0, 0.05) is 106 Å². The van der Waals surface area contributed by atoms with Gasteiger partial charge in [-0.3, -0.25) is 38.4 Å². The van der Waals surface area contributed by atoms with E-state index in [2.05, 4.69) is 41.9 Å². The molecule has 20 nitrogen and oxygen atoms in total. The van der Waals surface area contributed by atoms with Gasteiger partial charge in [0.15, 0.2) is 0 Å². The zero-order valence-corrected chi connectivity index (χ0v) is 46.6. The molecule has 71 heavy (non-hydrogen) atoms. The van der Waals surface area contributed by atoms with Gasteiger partial charge in [-0.25, -0.2) is 13.1 Å². The van der Waals surface area contributed by atoms with Crippen molar-refractivity contribution >= 4 is 57.3 Å². The molecule has 0 aliphatic carbocycles. The lowest BCUT2D eigenvalue weighted by atomic mass is 9.97. The Kier molecular flexibility index (Phi) is 31.3. The fourth-order valence-electron chi connectivity index (χ4n) is 8.12. The number of hydrogen-bond donors (Lipinski definition) is 10. The summed E-state index contributed by atoms with van der Waals surface area (Å²) in [5.41, 5.74) is 11.3. The molecule has 0 rings (SSSR count). The Balaban J connectivity index is 5.37. The third-order valence-electron chi connectivity index (χ3n) is 11.7. The summed E-state index contributed by atoms with van der Waals surface area (Å²) >= 11 is 0. The van der Waals surface area contributed by atoms with Crippen LogP contribution >= 0.6 is 0 Å². The van der Waals surface area contributed by atoms with Gasteiger partial charge in [-0.1, -0.05) is 83.1 Å². The maximum absolute atomic E-state index is 13.4. The highest BCUT2D eigenvalue weighted by atomic mass is 32.2. The molecule has 9 atom stereocenters. The average molecular weight is 1030 g/mol. The summed E-state index contributed by atoms with van der Waals surface area (Å²) in [6.07, 6.45) is 1.17. The van der Waals surface area contributed by atoms with Gasteiger partial charge in [-0.05, 0) is 75.5 Å². The van der Waals surface area contributed by atoms with Crippen LogP contribution in [0.15, 0.2) is 0 Å². The zero-order valence-electron chi connectivity index (χ0n) is 45.8. The van der Waals surface area contributed by atoms with Crippen molar-refractivity contribution in [1.82, 2.24) is 41.9 Å². The van der Waals surface area contributed by atoms with E-state index in [1.165, 1.54) is 0 Å². The van der Waals surface area contributed by atoms with E-state index in [-0.39, 0.29) is 128 Å². The van der Waals surface area contributed by atoms with Gasteiger partial charge >= 0.3 is 0 Å². The van der Waals surface area contributed by atoms with Crippen molar-refractivity contribution in [3.8, 4) is 0 Å². The van der Waals surface area contributed by atoms with Crippen LogP contribution < -0.4 is 53.4 Å². The molecule has 0 saturated carbocycles. The van der Waals surface area contributed by atoms with Crippen molar-refractivity contribution in [2.24, 2.45) is 47.0 Å². The predicted octanol–water partition coefficient (Wildman–Crippen LogP) is 2.77. The minimum Gasteiger partial charge on any atom is -0.370 e. The first-order valence-corrected chi connectivity index (χ1v) is 27.4. The van der Waals surface area contributed by atoms with E-state index in [4.69, 9.17) is 11.5 Å². The molecule has 0 radical (unpaired) electrons. The fourth-order valence-corrected chi connectivity index (χ4v) is 9.81. The smallest absolute Gasteiger partial charge is 0.222 e. The number of sulfonamides is 1. The Bertz CT molecular complexity index is 1810. The quantitative estimate of drug-likeness (QED) is 0.0435. The van der Waals surface area contributed by atoms with Crippen molar-refractivity contribution in [3.05, 3.63) is 0 Å². The molecule has 0 aromatic carbocycles. The first-order valence-electron chi connectivity index (χ1n) is 25.8. The molecule has 0 aromatic rings. The second-order valence-electron chi connectivity index (χ2n) is 22.3. The summed E-state index contributed by atoms with van der Waals surface area (Å²) in [5, 5.41) is 20.2. The third-order valence-corrected chi connectivity index (χ3v) is 13.3. The molecule has 8 amide bonds. The second kappa shape index (κ2) is 33.4. The van der Waals surface area contributed by atoms with Crippen molar-refractivity contribution in [1.29, 1.82) is 0 Å². The first kappa shape index (κ1) is 66.6. The van der Waals surface area contributed by atoms with Gasteiger partial charge in [0.2, 0.25) is 57.3 Å². The normalized spacial score (nSPS) is 15.8. The van der Waals surface area contributed by atoms with Crippen LogP contribution in [0, 0.1) is 35.5 Å². The third kappa shape index (κ3) is 33.1. The Morgan fingerprint density at radius 1 is 0.380 bits per heavy atom. The number of carbonyl (C=O) groups is 8. The maximum atomic E-state index is 13.4. The highest BCUT2D eigenvalue weighted by Crippen LogP contribution is 2.15.